The fourth-order valence-corrected chi connectivity index (χ4v) is 5.54. The standard InChI is InChI=1S/C22H20N6O7S2/c23-22-24-13(11-37-22)15(26-35-8-4-5-14(29)30)18(31)25-16-19(32)28-17(21(33)34)12(10-36-20(16)28)9-27-6-2-1-3-7-27/h1-7,11,16,20H,8-10H2,(H4-,23,24,25,29,30,31,33,34)/t16?,20-/m1/s1. The number of aromatic nitrogens is 2. The van der Waals surface area contributed by atoms with Crippen LogP contribution in [-0.4, -0.2) is 68.2 Å². The number of carbonyl (C=O) groups excluding carboxylic acids is 3. The zero-order chi connectivity index (χ0) is 26.5. The van der Waals surface area contributed by atoms with Crippen LogP contribution in [0.5, 0.6) is 0 Å². The topological polar surface area (TPSA) is 191 Å². The summed E-state index contributed by atoms with van der Waals surface area (Å²) in [6, 6.07) is 4.42. The second kappa shape index (κ2) is 11.2. The molecule has 1 fully saturated rings. The van der Waals surface area contributed by atoms with Crippen LogP contribution < -0.4 is 20.7 Å². The summed E-state index contributed by atoms with van der Waals surface area (Å²) in [4.78, 5) is 58.7. The molecule has 0 aliphatic carbocycles. The molecule has 0 saturated carbocycles. The van der Waals surface area contributed by atoms with E-state index in [1.807, 2.05) is 6.07 Å². The van der Waals surface area contributed by atoms with Crippen molar-refractivity contribution in [1.82, 2.24) is 15.2 Å². The lowest BCUT2D eigenvalue weighted by atomic mass is 10.0. The molecule has 4 rings (SSSR count). The fourth-order valence-electron chi connectivity index (χ4n) is 3.66. The highest BCUT2D eigenvalue weighted by Gasteiger charge is 2.53. The summed E-state index contributed by atoms with van der Waals surface area (Å²) < 4.78 is 1.79. The van der Waals surface area contributed by atoms with E-state index in [1.54, 1.807) is 29.1 Å². The van der Waals surface area contributed by atoms with Crippen molar-refractivity contribution in [3.05, 3.63) is 65.1 Å². The van der Waals surface area contributed by atoms with Crippen LogP contribution in [0.1, 0.15) is 5.69 Å². The molecule has 2 atom stereocenters. The lowest BCUT2D eigenvalue weighted by molar-refractivity contribution is -0.689. The number of rotatable bonds is 10. The number of thioether (sulfide) groups is 1. The summed E-state index contributed by atoms with van der Waals surface area (Å²) in [6.45, 7) is 0.0275. The first-order valence-electron chi connectivity index (χ1n) is 10.7. The fraction of sp³-hybridized carbons (Fsp3) is 0.227. The summed E-state index contributed by atoms with van der Waals surface area (Å²) in [6.07, 6.45) is 5.60. The Labute approximate surface area is 217 Å². The van der Waals surface area contributed by atoms with E-state index in [0.29, 0.717) is 11.3 Å². The van der Waals surface area contributed by atoms with E-state index in [-0.39, 0.29) is 35.4 Å². The van der Waals surface area contributed by atoms with E-state index in [9.17, 15) is 24.3 Å². The summed E-state index contributed by atoms with van der Waals surface area (Å²) >= 11 is 2.37. The predicted molar refractivity (Wildman–Crippen MR) is 129 cm³/mol. The molecule has 0 bridgehead atoms. The van der Waals surface area contributed by atoms with Crippen LogP contribution in [0.3, 0.4) is 0 Å². The van der Waals surface area contributed by atoms with Crippen LogP contribution in [0.25, 0.3) is 0 Å². The second-order valence-electron chi connectivity index (χ2n) is 7.70. The molecule has 1 saturated heterocycles. The number of hydrogen-bond donors (Lipinski definition) is 3. The number of carboxylic acids is 2. The average Bonchev–Trinajstić information content (AvgIpc) is 3.30. The first-order valence-corrected chi connectivity index (χ1v) is 12.6. The first-order chi connectivity index (χ1) is 17.8. The molecule has 2 aromatic rings. The number of aliphatic carboxylic acids is 2. The van der Waals surface area contributed by atoms with Crippen molar-refractivity contribution in [3.63, 3.8) is 0 Å². The van der Waals surface area contributed by atoms with Gasteiger partial charge in [-0.3, -0.25) is 14.5 Å². The first kappa shape index (κ1) is 25.8. The lowest BCUT2D eigenvalue weighted by Gasteiger charge is -2.50. The number of carboxylic acid groups (broad SMARTS) is 2. The Balaban J connectivity index is 1.50. The van der Waals surface area contributed by atoms with E-state index >= 15 is 0 Å². The highest BCUT2D eigenvalue weighted by Crippen LogP contribution is 2.40. The normalized spacial score (nSPS) is 19.4. The van der Waals surface area contributed by atoms with Gasteiger partial charge in [-0.25, -0.2) is 14.3 Å². The van der Waals surface area contributed by atoms with Gasteiger partial charge < -0.3 is 30.9 Å². The molecule has 2 amide bonds. The van der Waals surface area contributed by atoms with Crippen molar-refractivity contribution in [2.75, 3.05) is 18.1 Å². The number of amides is 2. The SMILES string of the molecule is Nc1nc(C(=NOCC=CC(=O)O)C(=O)NC2C(=O)N3C(C(=O)[O-])=C(C[n+]4ccccc4)CS[C@H]23)cs1. The summed E-state index contributed by atoms with van der Waals surface area (Å²) in [5, 5.41) is 27.9. The average molecular weight is 545 g/mol. The zero-order valence-corrected chi connectivity index (χ0v) is 20.6. The smallest absolute Gasteiger partial charge is 0.328 e. The molecular formula is C22H20N6O7S2. The molecular weight excluding hydrogens is 524 g/mol. The number of fused-ring (bicyclic) bond motifs is 1. The zero-order valence-electron chi connectivity index (χ0n) is 19.0. The van der Waals surface area contributed by atoms with Crippen molar-refractivity contribution in [3.8, 4) is 0 Å². The number of nitrogens with two attached hydrogens (primary N) is 1. The maximum atomic E-state index is 13.0. The monoisotopic (exact) mass is 544 g/mol. The Bertz CT molecular complexity index is 1320. The molecule has 0 radical (unpaired) electrons. The van der Waals surface area contributed by atoms with Crippen molar-refractivity contribution in [2.24, 2.45) is 5.16 Å². The molecule has 1 unspecified atom stereocenters. The van der Waals surface area contributed by atoms with Gasteiger partial charge in [0.15, 0.2) is 29.8 Å². The third kappa shape index (κ3) is 5.78. The van der Waals surface area contributed by atoms with Gasteiger partial charge in [-0.2, -0.15) is 0 Å². The number of oxime groups is 1. The van der Waals surface area contributed by atoms with Gasteiger partial charge >= 0.3 is 5.97 Å². The third-order valence-corrected chi connectivity index (χ3v) is 7.26. The Morgan fingerprint density at radius 1 is 1.35 bits per heavy atom. The van der Waals surface area contributed by atoms with Gasteiger partial charge in [0.25, 0.3) is 11.8 Å². The van der Waals surface area contributed by atoms with Crippen LogP contribution in [0.2, 0.25) is 0 Å². The van der Waals surface area contributed by atoms with Crippen LogP contribution >= 0.6 is 23.1 Å². The van der Waals surface area contributed by atoms with Crippen molar-refractivity contribution in [2.45, 2.75) is 18.0 Å². The lowest BCUT2D eigenvalue weighted by Crippen LogP contribution is -2.71. The number of thiazole rings is 1. The van der Waals surface area contributed by atoms with E-state index in [2.05, 4.69) is 15.5 Å². The molecule has 0 spiro atoms. The molecule has 37 heavy (non-hydrogen) atoms. The van der Waals surface area contributed by atoms with Gasteiger partial charge in [-0.05, 0) is 6.08 Å². The quantitative estimate of drug-likeness (QED) is 0.0790. The van der Waals surface area contributed by atoms with Gasteiger partial charge in [-0.15, -0.1) is 23.1 Å². The number of nitrogen functional groups attached to an aromatic ring is 1. The van der Waals surface area contributed by atoms with Gasteiger partial charge in [0.2, 0.25) is 0 Å². The minimum Gasteiger partial charge on any atom is -0.543 e. The van der Waals surface area contributed by atoms with Gasteiger partial charge in [0.1, 0.15) is 23.7 Å². The Hall–Kier alpha value is -4.24. The van der Waals surface area contributed by atoms with Gasteiger partial charge in [0, 0.05) is 34.9 Å². The molecule has 2 aliphatic heterocycles. The molecule has 13 nitrogen and oxygen atoms in total. The Kier molecular flexibility index (Phi) is 7.83. The maximum absolute atomic E-state index is 13.0. The van der Waals surface area contributed by atoms with Crippen molar-refractivity contribution < 1.29 is 38.8 Å². The minimum absolute atomic E-state index is 0.0969. The molecule has 15 heteroatoms. The molecule has 2 aliphatic rings. The maximum Gasteiger partial charge on any atom is 0.328 e. The van der Waals surface area contributed by atoms with Crippen LogP contribution in [-0.2, 0) is 30.6 Å². The third-order valence-electron chi connectivity index (χ3n) is 5.24. The van der Waals surface area contributed by atoms with Crippen LogP contribution in [0, 0.1) is 0 Å². The highest BCUT2D eigenvalue weighted by atomic mass is 32.2. The number of β-lactam (4-membered cyclic amide) rings is 1. The summed E-state index contributed by atoms with van der Waals surface area (Å²) in [5.74, 6) is -3.74. The van der Waals surface area contributed by atoms with Crippen LogP contribution in [0.15, 0.2) is 64.6 Å². The van der Waals surface area contributed by atoms with Crippen molar-refractivity contribution in [1.29, 1.82) is 0 Å². The summed E-state index contributed by atoms with van der Waals surface area (Å²) in [5.41, 5.74) is 5.79. The second-order valence-corrected chi connectivity index (χ2v) is 9.69. The largest absolute Gasteiger partial charge is 0.543 e. The number of anilines is 1. The number of pyridine rings is 1. The number of hydrogen-bond acceptors (Lipinski definition) is 11. The predicted octanol–water partition coefficient (Wildman–Crippen LogP) is -1.52. The number of carbonyl (C=O) groups is 4. The van der Waals surface area contributed by atoms with E-state index in [4.69, 9.17) is 15.7 Å². The van der Waals surface area contributed by atoms with Gasteiger partial charge in [-0.1, -0.05) is 11.2 Å². The minimum atomic E-state index is -1.47. The van der Waals surface area contributed by atoms with Gasteiger partial charge in [0.05, 0.1) is 11.7 Å². The van der Waals surface area contributed by atoms with Crippen LogP contribution in [0.4, 0.5) is 5.13 Å². The van der Waals surface area contributed by atoms with E-state index in [0.717, 1.165) is 22.3 Å². The summed E-state index contributed by atoms with van der Waals surface area (Å²) in [7, 11) is 0. The van der Waals surface area contributed by atoms with E-state index in [1.165, 1.54) is 23.2 Å². The molecule has 4 N–H and O–H groups in total. The molecule has 192 valence electrons. The molecule has 0 aromatic carbocycles. The Morgan fingerprint density at radius 3 is 2.76 bits per heavy atom. The van der Waals surface area contributed by atoms with E-state index < -0.39 is 35.2 Å². The Morgan fingerprint density at radius 2 is 2.11 bits per heavy atom. The number of nitrogens with one attached hydrogen (secondary N) is 1. The van der Waals surface area contributed by atoms with Crippen molar-refractivity contribution >= 4 is 57.7 Å². The molecule has 4 heterocycles. The molecule has 2 aromatic heterocycles. The number of nitrogens with zero attached hydrogens (tertiary/aromatic N) is 4. The highest BCUT2D eigenvalue weighted by molar-refractivity contribution is 8.00.